The molecule has 1 N–H and O–H groups in total. The lowest BCUT2D eigenvalue weighted by molar-refractivity contribution is 0.483. The summed E-state index contributed by atoms with van der Waals surface area (Å²) in [5, 5.41) is 12.7. The van der Waals surface area contributed by atoms with Gasteiger partial charge in [-0.3, -0.25) is 14.4 Å². The van der Waals surface area contributed by atoms with Gasteiger partial charge in [-0.25, -0.2) is 0 Å². The summed E-state index contributed by atoms with van der Waals surface area (Å²) in [6, 6.07) is 13.6. The van der Waals surface area contributed by atoms with Crippen molar-refractivity contribution in [3.63, 3.8) is 0 Å². The normalized spacial score (nSPS) is 11.9. The fraction of sp³-hybridized carbons (Fsp3) is 0.222. The third kappa shape index (κ3) is 2.71. The van der Waals surface area contributed by atoms with Gasteiger partial charge in [0.15, 0.2) is 16.3 Å². The third-order valence-electron chi connectivity index (χ3n) is 6.40. The van der Waals surface area contributed by atoms with Crippen LogP contribution in [0.3, 0.4) is 0 Å². The zero-order valence-electron chi connectivity index (χ0n) is 17.3. The van der Waals surface area contributed by atoms with Gasteiger partial charge in [0.1, 0.15) is 5.75 Å². The van der Waals surface area contributed by atoms with Crippen molar-refractivity contribution in [3.05, 3.63) is 84.8 Å². The standard InChI is InChI=1S/C27H22O4/c1-2-3-4-5-14-19-20-22(26(30)17-12-8-6-10-15(17)24(20)28)23-21(19)25(29)16-11-7-9-13-18(16)27(23)31/h6-13,28H,2-5,14H2,1H3. The second kappa shape index (κ2) is 7.31. The molecule has 0 saturated heterocycles. The average Bonchev–Trinajstić information content (AvgIpc) is 3.14. The molecular formula is C27H22O4. The van der Waals surface area contributed by atoms with Gasteiger partial charge in [-0.1, -0.05) is 74.7 Å². The van der Waals surface area contributed by atoms with Crippen molar-refractivity contribution in [2.75, 3.05) is 0 Å². The van der Waals surface area contributed by atoms with Crippen molar-refractivity contribution in [1.29, 1.82) is 0 Å². The number of hydrogen-bond donors (Lipinski definition) is 1. The number of phenols is 1. The Labute approximate surface area is 178 Å². The van der Waals surface area contributed by atoms with Crippen molar-refractivity contribution >= 4 is 21.5 Å². The van der Waals surface area contributed by atoms with E-state index in [1.807, 2.05) is 0 Å². The van der Waals surface area contributed by atoms with Gasteiger partial charge in [-0.2, -0.15) is 0 Å². The number of fused-ring (bicyclic) bond motifs is 5. The zero-order chi connectivity index (χ0) is 21.7. The molecule has 0 atom stereocenters. The van der Waals surface area contributed by atoms with Crippen LogP contribution in [-0.2, 0) is 6.42 Å². The smallest absolute Gasteiger partial charge is 0.195 e. The van der Waals surface area contributed by atoms with Gasteiger partial charge in [0.05, 0.1) is 0 Å². The van der Waals surface area contributed by atoms with E-state index < -0.39 is 0 Å². The molecule has 0 heterocycles. The molecule has 0 aromatic heterocycles. The highest BCUT2D eigenvalue weighted by Gasteiger charge is 2.34. The first-order valence-electron chi connectivity index (χ1n) is 10.8. The van der Waals surface area contributed by atoms with Gasteiger partial charge < -0.3 is 5.11 Å². The molecule has 0 bridgehead atoms. The Bertz CT molecular complexity index is 1540. The lowest BCUT2D eigenvalue weighted by Gasteiger charge is -2.09. The SMILES string of the molecule is CCCCCCc1c2c(O)c3ccccc3c(=O)c-2c2c(=O)c3ccccc3c(=O)c1-2. The van der Waals surface area contributed by atoms with Crippen LogP contribution in [0.5, 0.6) is 5.75 Å². The van der Waals surface area contributed by atoms with Crippen molar-refractivity contribution in [3.8, 4) is 28.0 Å². The molecule has 31 heavy (non-hydrogen) atoms. The van der Waals surface area contributed by atoms with Crippen LogP contribution in [-0.4, -0.2) is 5.11 Å². The summed E-state index contributed by atoms with van der Waals surface area (Å²) in [4.78, 5) is 40.5. The number of rotatable bonds is 5. The second-order valence-electron chi connectivity index (χ2n) is 8.22. The number of hydrogen-bond acceptors (Lipinski definition) is 4. The Morgan fingerprint density at radius 3 is 1.68 bits per heavy atom. The van der Waals surface area contributed by atoms with Crippen LogP contribution < -0.4 is 16.3 Å². The maximum absolute atomic E-state index is 13.5. The van der Waals surface area contributed by atoms with Gasteiger partial charge in [0.25, 0.3) is 0 Å². The maximum Gasteiger partial charge on any atom is 0.195 e. The second-order valence-corrected chi connectivity index (χ2v) is 8.22. The molecule has 0 spiro atoms. The fourth-order valence-electron chi connectivity index (χ4n) is 4.93. The van der Waals surface area contributed by atoms with E-state index in [4.69, 9.17) is 0 Å². The van der Waals surface area contributed by atoms with Crippen LogP contribution in [0.4, 0.5) is 0 Å². The first kappa shape index (κ1) is 19.4. The zero-order valence-corrected chi connectivity index (χ0v) is 17.3. The minimum atomic E-state index is -0.318. The van der Waals surface area contributed by atoms with Gasteiger partial charge in [-0.15, -0.1) is 0 Å². The average molecular weight is 410 g/mol. The van der Waals surface area contributed by atoms with Crippen molar-refractivity contribution in [1.82, 2.24) is 0 Å². The molecule has 3 aliphatic carbocycles. The van der Waals surface area contributed by atoms with Crippen LogP contribution >= 0.6 is 0 Å². The Morgan fingerprint density at radius 2 is 1.10 bits per heavy atom. The highest BCUT2D eigenvalue weighted by molar-refractivity contribution is 6.09. The summed E-state index contributed by atoms with van der Waals surface area (Å²) in [5.41, 5.74) is 0.795. The number of unbranched alkanes of at least 4 members (excludes halogenated alkanes) is 3. The van der Waals surface area contributed by atoms with Gasteiger partial charge in [0.2, 0.25) is 0 Å². The summed E-state index contributed by atoms with van der Waals surface area (Å²) in [6.07, 6.45) is 4.49. The Hall–Kier alpha value is -3.53. The van der Waals surface area contributed by atoms with Crippen LogP contribution in [0, 0.1) is 0 Å². The van der Waals surface area contributed by atoms with Crippen LogP contribution in [0.25, 0.3) is 43.8 Å². The van der Waals surface area contributed by atoms with E-state index in [9.17, 15) is 19.5 Å². The van der Waals surface area contributed by atoms with Crippen LogP contribution in [0.2, 0.25) is 0 Å². The van der Waals surface area contributed by atoms with Gasteiger partial charge in [-0.05, 0) is 18.4 Å². The maximum atomic E-state index is 13.5. The minimum Gasteiger partial charge on any atom is -0.507 e. The summed E-state index contributed by atoms with van der Waals surface area (Å²) in [5.74, 6) is -0.0188. The molecule has 0 unspecified atom stereocenters. The van der Waals surface area contributed by atoms with E-state index >= 15 is 0 Å². The Balaban J connectivity index is 1.99. The van der Waals surface area contributed by atoms with Gasteiger partial charge >= 0.3 is 0 Å². The highest BCUT2D eigenvalue weighted by atomic mass is 16.3. The summed E-state index contributed by atoms with van der Waals surface area (Å²) < 4.78 is 0. The fourth-order valence-corrected chi connectivity index (χ4v) is 4.93. The molecular weight excluding hydrogens is 388 g/mol. The predicted octanol–water partition coefficient (Wildman–Crippen LogP) is 4.99. The predicted molar refractivity (Wildman–Crippen MR) is 125 cm³/mol. The molecule has 0 aliphatic heterocycles. The highest BCUT2D eigenvalue weighted by Crippen LogP contribution is 2.47. The van der Waals surface area contributed by atoms with Crippen LogP contribution in [0.15, 0.2) is 62.9 Å². The van der Waals surface area contributed by atoms with Crippen molar-refractivity contribution in [2.24, 2.45) is 0 Å². The van der Waals surface area contributed by atoms with Crippen molar-refractivity contribution < 1.29 is 5.11 Å². The number of phenolic OH excluding ortho intramolecular Hbond substituents is 1. The molecule has 0 radical (unpaired) electrons. The summed E-state index contributed by atoms with van der Waals surface area (Å²) in [7, 11) is 0. The van der Waals surface area contributed by atoms with E-state index in [1.165, 1.54) is 0 Å². The van der Waals surface area contributed by atoms with Crippen molar-refractivity contribution in [2.45, 2.75) is 39.0 Å². The van der Waals surface area contributed by atoms with E-state index in [-0.39, 0.29) is 33.2 Å². The van der Waals surface area contributed by atoms with Crippen LogP contribution in [0.1, 0.15) is 38.2 Å². The first-order valence-corrected chi connectivity index (χ1v) is 10.8. The number of benzene rings is 4. The monoisotopic (exact) mass is 410 g/mol. The molecule has 0 amide bonds. The summed E-state index contributed by atoms with van der Waals surface area (Å²) >= 11 is 0. The molecule has 2 aromatic carbocycles. The molecule has 5 rings (SSSR count). The molecule has 154 valence electrons. The molecule has 0 saturated carbocycles. The first-order chi connectivity index (χ1) is 15.1. The Morgan fingerprint density at radius 1 is 0.613 bits per heavy atom. The molecule has 4 nitrogen and oxygen atoms in total. The topological polar surface area (TPSA) is 71.4 Å². The van der Waals surface area contributed by atoms with E-state index in [0.29, 0.717) is 44.7 Å². The summed E-state index contributed by atoms with van der Waals surface area (Å²) in [6.45, 7) is 2.13. The molecule has 4 heteroatoms. The lowest BCUT2D eigenvalue weighted by atomic mass is 9.95. The quantitative estimate of drug-likeness (QED) is 0.415. The van der Waals surface area contributed by atoms with E-state index in [1.54, 1.807) is 48.5 Å². The lowest BCUT2D eigenvalue weighted by Crippen LogP contribution is -2.18. The minimum absolute atomic E-state index is 0.0188. The van der Waals surface area contributed by atoms with Gasteiger partial charge in [0, 0.05) is 43.8 Å². The molecule has 3 aliphatic rings. The third-order valence-corrected chi connectivity index (χ3v) is 6.40. The largest absolute Gasteiger partial charge is 0.507 e. The van der Waals surface area contributed by atoms with E-state index in [0.717, 1.165) is 25.7 Å². The molecule has 0 fully saturated rings. The Kier molecular flexibility index (Phi) is 4.58. The number of aromatic hydroxyl groups is 1. The van der Waals surface area contributed by atoms with E-state index in [2.05, 4.69) is 6.92 Å². The molecule has 2 aromatic rings.